The molecule has 0 N–H and O–H groups in total. The molecule has 0 spiro atoms. The molecule has 0 radical (unpaired) electrons. The maximum Gasteiger partial charge on any atom is 0.312 e. The number of ether oxygens (including phenoxy) is 1. The Bertz CT molecular complexity index is 225. The average Bonchev–Trinajstić information content (AvgIpc) is 2.08. The van der Waals surface area contributed by atoms with Gasteiger partial charge in [0, 0.05) is 3.92 Å². The second kappa shape index (κ2) is 3.41. The lowest BCUT2D eigenvalue weighted by atomic mass is 9.75. The van der Waals surface area contributed by atoms with Crippen LogP contribution < -0.4 is 0 Å². The normalized spacial score (nSPS) is 45.2. The van der Waals surface area contributed by atoms with E-state index in [2.05, 4.69) is 29.5 Å². The molecular formula is C10H15IO2. The molecule has 2 unspecified atom stereocenters. The van der Waals surface area contributed by atoms with Crippen molar-refractivity contribution in [3.05, 3.63) is 0 Å². The fourth-order valence-corrected chi connectivity index (χ4v) is 3.20. The summed E-state index contributed by atoms with van der Waals surface area (Å²) in [6.07, 6.45) is 5.68. The zero-order valence-electron chi connectivity index (χ0n) is 7.88. The van der Waals surface area contributed by atoms with Crippen LogP contribution in [-0.2, 0) is 9.53 Å². The van der Waals surface area contributed by atoms with Crippen molar-refractivity contribution in [2.24, 2.45) is 5.41 Å². The molecule has 1 saturated carbocycles. The van der Waals surface area contributed by atoms with Crippen LogP contribution in [0.4, 0.5) is 0 Å². The molecular weight excluding hydrogens is 279 g/mol. The number of fused-ring (bicyclic) bond motifs is 5. The number of halogens is 1. The van der Waals surface area contributed by atoms with E-state index in [0.29, 0.717) is 3.92 Å². The van der Waals surface area contributed by atoms with Gasteiger partial charge in [-0.3, -0.25) is 4.79 Å². The molecule has 2 saturated heterocycles. The lowest BCUT2D eigenvalue weighted by molar-refractivity contribution is -0.171. The van der Waals surface area contributed by atoms with E-state index >= 15 is 0 Å². The zero-order valence-corrected chi connectivity index (χ0v) is 10.0. The van der Waals surface area contributed by atoms with E-state index in [1.807, 2.05) is 0 Å². The summed E-state index contributed by atoms with van der Waals surface area (Å²) in [5.41, 5.74) is -0.159. The third kappa shape index (κ3) is 1.72. The fourth-order valence-electron chi connectivity index (χ4n) is 2.26. The van der Waals surface area contributed by atoms with Gasteiger partial charge in [0.15, 0.2) is 0 Å². The Hall–Kier alpha value is 0.200. The van der Waals surface area contributed by atoms with Gasteiger partial charge < -0.3 is 4.74 Å². The van der Waals surface area contributed by atoms with Crippen LogP contribution in [0, 0.1) is 5.41 Å². The topological polar surface area (TPSA) is 26.3 Å². The summed E-state index contributed by atoms with van der Waals surface area (Å²) >= 11 is 2.42. The van der Waals surface area contributed by atoms with Gasteiger partial charge in [0.25, 0.3) is 0 Å². The van der Waals surface area contributed by atoms with Crippen molar-refractivity contribution in [3.8, 4) is 0 Å². The molecule has 2 aliphatic heterocycles. The first-order valence-corrected chi connectivity index (χ1v) is 6.21. The number of alkyl halides is 1. The highest BCUT2D eigenvalue weighted by Gasteiger charge is 2.43. The highest BCUT2D eigenvalue weighted by molar-refractivity contribution is 14.1. The molecule has 1 aliphatic carbocycles. The van der Waals surface area contributed by atoms with E-state index in [9.17, 15) is 4.79 Å². The van der Waals surface area contributed by atoms with E-state index < -0.39 is 0 Å². The first-order chi connectivity index (χ1) is 6.12. The number of esters is 1. The second-order valence-corrected chi connectivity index (χ2v) is 6.05. The van der Waals surface area contributed by atoms with Crippen molar-refractivity contribution in [2.45, 2.75) is 49.1 Å². The van der Waals surface area contributed by atoms with Gasteiger partial charge >= 0.3 is 5.97 Å². The van der Waals surface area contributed by atoms with Crippen LogP contribution in [0.2, 0.25) is 0 Å². The lowest BCUT2D eigenvalue weighted by Gasteiger charge is -2.40. The maximum atomic E-state index is 11.7. The third-order valence-corrected chi connectivity index (χ3v) is 4.77. The van der Waals surface area contributed by atoms with Crippen LogP contribution in [0.3, 0.4) is 0 Å². The molecule has 0 amide bonds. The van der Waals surface area contributed by atoms with Crippen molar-refractivity contribution in [1.82, 2.24) is 0 Å². The quantitative estimate of drug-likeness (QED) is 0.390. The van der Waals surface area contributed by atoms with Gasteiger partial charge in [-0.25, -0.2) is 0 Å². The number of hydrogen-bond acceptors (Lipinski definition) is 2. The van der Waals surface area contributed by atoms with Crippen LogP contribution in [0.25, 0.3) is 0 Å². The van der Waals surface area contributed by atoms with E-state index in [0.717, 1.165) is 19.3 Å². The largest absolute Gasteiger partial charge is 0.461 e. The zero-order chi connectivity index (χ0) is 9.47. The average molecular weight is 294 g/mol. The number of rotatable bonds is 0. The van der Waals surface area contributed by atoms with Crippen LogP contribution >= 0.6 is 22.6 Å². The van der Waals surface area contributed by atoms with Crippen molar-refractivity contribution >= 4 is 28.6 Å². The molecule has 3 atom stereocenters. The van der Waals surface area contributed by atoms with Gasteiger partial charge in [-0.1, -0.05) is 29.0 Å². The highest BCUT2D eigenvalue weighted by Crippen LogP contribution is 2.42. The van der Waals surface area contributed by atoms with E-state index in [1.54, 1.807) is 0 Å². The standard InChI is InChI=1S/C10H15IO2/c1-10-5-2-3-7(11)8(4-6-10)13-9(10)12/h7-8H,2-6H2,1H3/t7?,8?,10-/m1/s1. The summed E-state index contributed by atoms with van der Waals surface area (Å²) in [5.74, 6) is 0.0464. The van der Waals surface area contributed by atoms with Crippen molar-refractivity contribution in [2.75, 3.05) is 0 Å². The number of hydrogen-bond donors (Lipinski definition) is 0. The summed E-state index contributed by atoms with van der Waals surface area (Å²) in [7, 11) is 0. The minimum atomic E-state index is -0.159. The molecule has 3 fully saturated rings. The van der Waals surface area contributed by atoms with Crippen molar-refractivity contribution < 1.29 is 9.53 Å². The Morgan fingerprint density at radius 2 is 2.23 bits per heavy atom. The minimum absolute atomic E-state index is 0.0464. The molecule has 0 aromatic rings. The minimum Gasteiger partial charge on any atom is -0.461 e. The van der Waals surface area contributed by atoms with Crippen molar-refractivity contribution in [1.29, 1.82) is 0 Å². The first-order valence-electron chi connectivity index (χ1n) is 4.97. The molecule has 0 aromatic carbocycles. The Morgan fingerprint density at radius 3 is 2.92 bits per heavy atom. The Balaban J connectivity index is 2.19. The van der Waals surface area contributed by atoms with Crippen LogP contribution in [0.1, 0.15) is 39.0 Å². The van der Waals surface area contributed by atoms with E-state index in [4.69, 9.17) is 4.74 Å². The smallest absolute Gasteiger partial charge is 0.312 e. The van der Waals surface area contributed by atoms with Crippen LogP contribution in [-0.4, -0.2) is 16.0 Å². The fraction of sp³-hybridized carbons (Fsp3) is 0.900. The molecule has 3 aliphatic rings. The molecule has 3 heteroatoms. The van der Waals surface area contributed by atoms with Crippen LogP contribution in [0.5, 0.6) is 0 Å². The Morgan fingerprint density at radius 1 is 1.46 bits per heavy atom. The summed E-state index contributed by atoms with van der Waals surface area (Å²) in [4.78, 5) is 11.7. The highest BCUT2D eigenvalue weighted by atomic mass is 127. The summed E-state index contributed by atoms with van der Waals surface area (Å²) in [6.45, 7) is 2.05. The van der Waals surface area contributed by atoms with Gasteiger partial charge in [0.05, 0.1) is 5.41 Å². The Labute approximate surface area is 92.5 Å². The van der Waals surface area contributed by atoms with Gasteiger partial charge in [-0.2, -0.15) is 0 Å². The maximum absolute atomic E-state index is 11.7. The van der Waals surface area contributed by atoms with E-state index in [1.165, 1.54) is 12.8 Å². The predicted molar refractivity (Wildman–Crippen MR) is 58.9 cm³/mol. The molecule has 3 rings (SSSR count). The van der Waals surface area contributed by atoms with Gasteiger partial charge in [-0.05, 0) is 32.6 Å². The van der Waals surface area contributed by atoms with Gasteiger partial charge in [0.2, 0.25) is 0 Å². The molecule has 2 nitrogen and oxygen atoms in total. The lowest BCUT2D eigenvalue weighted by Crippen LogP contribution is -2.44. The second-order valence-electron chi connectivity index (χ2n) is 4.45. The predicted octanol–water partition coefficient (Wildman–Crippen LogP) is 2.69. The van der Waals surface area contributed by atoms with E-state index in [-0.39, 0.29) is 17.5 Å². The Kier molecular flexibility index (Phi) is 2.55. The summed E-state index contributed by atoms with van der Waals surface area (Å²) in [6, 6.07) is 0. The summed E-state index contributed by atoms with van der Waals surface area (Å²) in [5, 5.41) is 0. The van der Waals surface area contributed by atoms with Gasteiger partial charge in [-0.15, -0.1) is 0 Å². The molecule has 13 heavy (non-hydrogen) atoms. The molecule has 0 aromatic heterocycles. The van der Waals surface area contributed by atoms with Crippen molar-refractivity contribution in [3.63, 3.8) is 0 Å². The monoisotopic (exact) mass is 294 g/mol. The summed E-state index contributed by atoms with van der Waals surface area (Å²) < 4.78 is 5.99. The SMILES string of the molecule is C[C@@]12CCCC(I)C(CC1)OC2=O. The molecule has 2 heterocycles. The molecule has 2 bridgehead atoms. The van der Waals surface area contributed by atoms with Crippen LogP contribution in [0.15, 0.2) is 0 Å². The first kappa shape index (κ1) is 9.74. The van der Waals surface area contributed by atoms with Gasteiger partial charge in [0.1, 0.15) is 6.10 Å². The third-order valence-electron chi connectivity index (χ3n) is 3.34. The number of carbonyl (C=O) groups is 1. The molecule has 74 valence electrons. The number of carbonyl (C=O) groups excluding carboxylic acids is 1.